The predicted molar refractivity (Wildman–Crippen MR) is 90.3 cm³/mol. The first-order chi connectivity index (χ1) is 10.8. The average molecular weight is 301 g/mol. The van der Waals surface area contributed by atoms with E-state index in [1.165, 1.54) is 36.9 Å². The van der Waals surface area contributed by atoms with Crippen LogP contribution in [0.25, 0.3) is 0 Å². The van der Waals surface area contributed by atoms with Crippen LogP contribution in [-0.2, 0) is 11.2 Å². The van der Waals surface area contributed by atoms with Crippen LogP contribution < -0.4 is 10.2 Å². The molecule has 1 N–H and O–H groups in total. The zero-order chi connectivity index (χ0) is 15.2. The van der Waals surface area contributed by atoms with E-state index in [4.69, 9.17) is 0 Å². The number of para-hydroxylation sites is 1. The molecule has 0 spiro atoms. The van der Waals surface area contributed by atoms with Gasteiger partial charge in [-0.25, -0.2) is 0 Å². The summed E-state index contributed by atoms with van der Waals surface area (Å²) in [5.74, 6) is 0.175. The molecule has 1 saturated heterocycles. The number of amides is 1. The largest absolute Gasteiger partial charge is 0.369 e. The van der Waals surface area contributed by atoms with Gasteiger partial charge in [-0.2, -0.15) is 0 Å². The van der Waals surface area contributed by atoms with Crippen molar-refractivity contribution in [3.63, 3.8) is 0 Å². The Balaban J connectivity index is 1.39. The van der Waals surface area contributed by atoms with Crippen molar-refractivity contribution >= 4 is 11.6 Å². The summed E-state index contributed by atoms with van der Waals surface area (Å²) in [5.41, 5.74) is 2.77. The third kappa shape index (κ3) is 4.01. The van der Waals surface area contributed by atoms with E-state index in [0.29, 0.717) is 6.54 Å². The Morgan fingerprint density at radius 1 is 1.05 bits per heavy atom. The lowest BCUT2D eigenvalue weighted by Gasteiger charge is -2.21. The number of nitrogens with one attached hydrogen (secondary N) is 1. The summed E-state index contributed by atoms with van der Waals surface area (Å²) >= 11 is 0. The van der Waals surface area contributed by atoms with Crippen molar-refractivity contribution in [1.82, 2.24) is 10.2 Å². The lowest BCUT2D eigenvalue weighted by molar-refractivity contribution is -0.122. The Labute approximate surface area is 133 Å². The summed E-state index contributed by atoms with van der Waals surface area (Å²) in [5, 5.41) is 3.09. The van der Waals surface area contributed by atoms with Crippen LogP contribution in [-0.4, -0.2) is 50.1 Å². The number of rotatable bonds is 5. The Bertz CT molecular complexity index is 495. The van der Waals surface area contributed by atoms with Gasteiger partial charge >= 0.3 is 0 Å². The number of likely N-dealkylation sites (tertiary alicyclic amines) is 1. The third-order valence-corrected chi connectivity index (χ3v) is 4.75. The molecule has 2 aliphatic heterocycles. The lowest BCUT2D eigenvalue weighted by atomic mass is 10.2. The number of hydrogen-bond acceptors (Lipinski definition) is 3. The SMILES string of the molecule is O=C(CN1CCCCCC1)NCCN1CCc2ccccc21. The second-order valence-corrected chi connectivity index (χ2v) is 6.41. The molecule has 2 heterocycles. The molecule has 22 heavy (non-hydrogen) atoms. The molecule has 4 heteroatoms. The number of carbonyl (C=O) groups is 1. The molecule has 0 atom stereocenters. The van der Waals surface area contributed by atoms with Gasteiger partial charge in [-0.05, 0) is 44.0 Å². The molecule has 0 bridgehead atoms. The highest BCUT2D eigenvalue weighted by Crippen LogP contribution is 2.26. The molecule has 0 radical (unpaired) electrons. The molecule has 1 amide bonds. The summed E-state index contributed by atoms with van der Waals surface area (Å²) in [6.07, 6.45) is 6.21. The maximum Gasteiger partial charge on any atom is 0.234 e. The van der Waals surface area contributed by atoms with Gasteiger partial charge in [0, 0.05) is 25.3 Å². The van der Waals surface area contributed by atoms with Crippen LogP contribution >= 0.6 is 0 Å². The lowest BCUT2D eigenvalue weighted by Crippen LogP contribution is -2.40. The van der Waals surface area contributed by atoms with E-state index in [9.17, 15) is 4.79 Å². The first-order valence-electron chi connectivity index (χ1n) is 8.65. The van der Waals surface area contributed by atoms with Crippen molar-refractivity contribution in [3.8, 4) is 0 Å². The van der Waals surface area contributed by atoms with Gasteiger partial charge in [-0.3, -0.25) is 9.69 Å². The number of benzene rings is 1. The maximum absolute atomic E-state index is 12.1. The van der Waals surface area contributed by atoms with Crippen LogP contribution in [0.15, 0.2) is 24.3 Å². The number of hydrogen-bond donors (Lipinski definition) is 1. The molecule has 3 rings (SSSR count). The fraction of sp³-hybridized carbons (Fsp3) is 0.611. The summed E-state index contributed by atoms with van der Waals surface area (Å²) in [4.78, 5) is 16.7. The Morgan fingerprint density at radius 3 is 2.64 bits per heavy atom. The van der Waals surface area contributed by atoms with Gasteiger partial charge in [0.1, 0.15) is 0 Å². The summed E-state index contributed by atoms with van der Waals surface area (Å²) in [6.45, 7) is 5.43. The number of carbonyl (C=O) groups excluding carboxylic acids is 1. The summed E-state index contributed by atoms with van der Waals surface area (Å²) in [7, 11) is 0. The quantitative estimate of drug-likeness (QED) is 0.904. The van der Waals surface area contributed by atoms with Gasteiger partial charge in [-0.1, -0.05) is 31.0 Å². The number of anilines is 1. The molecule has 0 unspecified atom stereocenters. The molecule has 0 aliphatic carbocycles. The number of nitrogens with zero attached hydrogens (tertiary/aromatic N) is 2. The second-order valence-electron chi connectivity index (χ2n) is 6.41. The molecule has 120 valence electrons. The minimum Gasteiger partial charge on any atom is -0.369 e. The Hall–Kier alpha value is -1.55. The standard InChI is InChI=1S/C18H27N3O/c22-18(15-20-11-5-1-2-6-12-20)19-10-14-21-13-9-16-7-3-4-8-17(16)21/h3-4,7-8H,1-2,5-6,9-15H2,(H,19,22). The highest BCUT2D eigenvalue weighted by Gasteiger charge is 2.18. The fourth-order valence-electron chi connectivity index (χ4n) is 3.52. The highest BCUT2D eigenvalue weighted by molar-refractivity contribution is 5.78. The van der Waals surface area contributed by atoms with Gasteiger partial charge in [0.05, 0.1) is 6.54 Å². The zero-order valence-electron chi connectivity index (χ0n) is 13.4. The van der Waals surface area contributed by atoms with Gasteiger partial charge < -0.3 is 10.2 Å². The van der Waals surface area contributed by atoms with Crippen LogP contribution in [0.4, 0.5) is 5.69 Å². The van der Waals surface area contributed by atoms with Gasteiger partial charge in [0.25, 0.3) is 0 Å². The average Bonchev–Trinajstić information content (AvgIpc) is 2.76. The van der Waals surface area contributed by atoms with Gasteiger partial charge in [-0.15, -0.1) is 0 Å². The first kappa shape index (κ1) is 15.3. The molecule has 0 saturated carbocycles. The third-order valence-electron chi connectivity index (χ3n) is 4.75. The number of fused-ring (bicyclic) bond motifs is 1. The van der Waals surface area contributed by atoms with Crippen molar-refractivity contribution in [2.24, 2.45) is 0 Å². The normalized spacial score (nSPS) is 18.8. The van der Waals surface area contributed by atoms with Crippen LogP contribution in [0.5, 0.6) is 0 Å². The first-order valence-corrected chi connectivity index (χ1v) is 8.65. The van der Waals surface area contributed by atoms with E-state index in [1.807, 2.05) is 0 Å². The maximum atomic E-state index is 12.1. The van der Waals surface area contributed by atoms with Crippen molar-refractivity contribution < 1.29 is 4.79 Å². The Morgan fingerprint density at radius 2 is 1.82 bits per heavy atom. The van der Waals surface area contributed by atoms with E-state index in [2.05, 4.69) is 39.4 Å². The molecule has 1 aromatic rings. The molecule has 2 aliphatic rings. The minimum atomic E-state index is 0.175. The highest BCUT2D eigenvalue weighted by atomic mass is 16.2. The molecular formula is C18H27N3O. The Kier molecular flexibility index (Phi) is 5.33. The molecular weight excluding hydrogens is 274 g/mol. The van der Waals surface area contributed by atoms with Crippen molar-refractivity contribution in [2.75, 3.05) is 44.2 Å². The minimum absolute atomic E-state index is 0.175. The fourth-order valence-corrected chi connectivity index (χ4v) is 3.52. The second kappa shape index (κ2) is 7.63. The van der Waals surface area contributed by atoms with Gasteiger partial charge in [0.15, 0.2) is 0 Å². The van der Waals surface area contributed by atoms with Crippen LogP contribution in [0.3, 0.4) is 0 Å². The summed E-state index contributed by atoms with van der Waals surface area (Å²) in [6, 6.07) is 8.58. The molecule has 1 fully saturated rings. The molecule has 1 aromatic carbocycles. The van der Waals surface area contributed by atoms with Crippen molar-refractivity contribution in [2.45, 2.75) is 32.1 Å². The van der Waals surface area contributed by atoms with Crippen molar-refractivity contribution in [3.05, 3.63) is 29.8 Å². The van der Waals surface area contributed by atoms with Gasteiger partial charge in [0.2, 0.25) is 5.91 Å². The topological polar surface area (TPSA) is 35.6 Å². The monoisotopic (exact) mass is 301 g/mol. The van der Waals surface area contributed by atoms with Crippen LogP contribution in [0.2, 0.25) is 0 Å². The van der Waals surface area contributed by atoms with Crippen molar-refractivity contribution in [1.29, 1.82) is 0 Å². The van der Waals surface area contributed by atoms with E-state index in [1.54, 1.807) is 0 Å². The summed E-state index contributed by atoms with van der Waals surface area (Å²) < 4.78 is 0. The van der Waals surface area contributed by atoms with E-state index in [0.717, 1.165) is 39.1 Å². The predicted octanol–water partition coefficient (Wildman–Crippen LogP) is 2.04. The zero-order valence-corrected chi connectivity index (χ0v) is 13.4. The van der Waals surface area contributed by atoms with E-state index < -0.39 is 0 Å². The van der Waals surface area contributed by atoms with Crippen LogP contribution in [0, 0.1) is 0 Å². The van der Waals surface area contributed by atoms with E-state index >= 15 is 0 Å². The van der Waals surface area contributed by atoms with Crippen LogP contribution in [0.1, 0.15) is 31.2 Å². The van der Waals surface area contributed by atoms with E-state index in [-0.39, 0.29) is 5.91 Å². The molecule has 0 aromatic heterocycles. The molecule has 4 nitrogen and oxygen atoms in total. The smallest absolute Gasteiger partial charge is 0.234 e.